The van der Waals surface area contributed by atoms with E-state index in [1.807, 2.05) is 25.1 Å². The molecule has 0 amide bonds. The van der Waals surface area contributed by atoms with E-state index in [9.17, 15) is 5.11 Å². The van der Waals surface area contributed by atoms with Gasteiger partial charge in [0.25, 0.3) is 0 Å². The summed E-state index contributed by atoms with van der Waals surface area (Å²) in [7, 11) is 3.38. The fourth-order valence-corrected chi connectivity index (χ4v) is 2.68. The highest BCUT2D eigenvalue weighted by Gasteiger charge is 2.18. The quantitative estimate of drug-likeness (QED) is 0.640. The van der Waals surface area contributed by atoms with Gasteiger partial charge < -0.3 is 15.2 Å². The van der Waals surface area contributed by atoms with Crippen LogP contribution in [0.5, 0.6) is 5.75 Å². The van der Waals surface area contributed by atoms with Gasteiger partial charge in [-0.3, -0.25) is 4.68 Å². The lowest BCUT2D eigenvalue weighted by Crippen LogP contribution is -2.07. The Morgan fingerprint density at radius 2 is 2.15 bits per heavy atom. The molecule has 1 atom stereocenters. The molecule has 136 valence electrons. The molecule has 1 aromatic carbocycles. The zero-order valence-electron chi connectivity index (χ0n) is 14.6. The number of benzene rings is 1. The number of para-hydroxylation sites is 1. The molecule has 3 rings (SSSR count). The molecular weight excluding hydrogens is 356 g/mol. The van der Waals surface area contributed by atoms with Gasteiger partial charge in [-0.2, -0.15) is 5.10 Å². The van der Waals surface area contributed by atoms with Gasteiger partial charge in [0.2, 0.25) is 5.28 Å². The first-order chi connectivity index (χ1) is 12.5. The summed E-state index contributed by atoms with van der Waals surface area (Å²) in [6, 6.07) is 5.60. The molecule has 0 saturated heterocycles. The van der Waals surface area contributed by atoms with Crippen LogP contribution in [0.4, 0.5) is 11.5 Å². The van der Waals surface area contributed by atoms with Crippen LogP contribution in [0.3, 0.4) is 0 Å². The lowest BCUT2D eigenvalue weighted by molar-refractivity contribution is 0.273. The highest BCUT2D eigenvalue weighted by molar-refractivity contribution is 6.28. The Hall–Kier alpha value is -2.71. The van der Waals surface area contributed by atoms with Gasteiger partial charge in [-0.15, -0.1) is 0 Å². The number of aliphatic hydroxyl groups excluding tert-OH is 1. The van der Waals surface area contributed by atoms with Gasteiger partial charge in [-0.1, -0.05) is 13.0 Å². The molecule has 2 N–H and O–H groups in total. The van der Waals surface area contributed by atoms with E-state index in [1.165, 1.54) is 0 Å². The van der Waals surface area contributed by atoms with Crippen LogP contribution in [-0.2, 0) is 7.05 Å². The maximum Gasteiger partial charge on any atom is 0.224 e. The van der Waals surface area contributed by atoms with Gasteiger partial charge in [0.05, 0.1) is 18.4 Å². The van der Waals surface area contributed by atoms with Crippen molar-refractivity contribution in [1.29, 1.82) is 0 Å². The average Bonchev–Trinajstić information content (AvgIpc) is 3.07. The molecular formula is C17H19ClN6O2. The molecule has 8 nitrogen and oxygen atoms in total. The molecule has 0 fully saturated rings. The minimum Gasteiger partial charge on any atom is -0.494 e. The van der Waals surface area contributed by atoms with Crippen molar-refractivity contribution < 1.29 is 9.84 Å². The van der Waals surface area contributed by atoms with E-state index < -0.39 is 0 Å². The molecule has 26 heavy (non-hydrogen) atoms. The summed E-state index contributed by atoms with van der Waals surface area (Å²) in [6.07, 6.45) is 3.23. The summed E-state index contributed by atoms with van der Waals surface area (Å²) in [5, 5.41) is 17.2. The molecule has 2 heterocycles. The van der Waals surface area contributed by atoms with Gasteiger partial charge in [0.15, 0.2) is 11.6 Å². The average molecular weight is 375 g/mol. The third-order valence-corrected chi connectivity index (χ3v) is 4.09. The third kappa shape index (κ3) is 3.61. The maximum atomic E-state index is 9.48. The van der Waals surface area contributed by atoms with Gasteiger partial charge in [0, 0.05) is 31.3 Å². The van der Waals surface area contributed by atoms with Crippen molar-refractivity contribution in [2.24, 2.45) is 7.05 Å². The summed E-state index contributed by atoms with van der Waals surface area (Å²) in [4.78, 5) is 12.6. The zero-order chi connectivity index (χ0) is 18.7. The van der Waals surface area contributed by atoms with Crippen molar-refractivity contribution in [2.45, 2.75) is 12.8 Å². The number of ether oxygens (including phenoxy) is 1. The second-order valence-electron chi connectivity index (χ2n) is 5.78. The van der Waals surface area contributed by atoms with Crippen LogP contribution in [0, 0.1) is 0 Å². The van der Waals surface area contributed by atoms with Gasteiger partial charge in [0.1, 0.15) is 12.1 Å². The maximum absolute atomic E-state index is 9.48. The number of methoxy groups -OCH3 is 1. The van der Waals surface area contributed by atoms with Crippen LogP contribution in [0.2, 0.25) is 5.28 Å². The van der Waals surface area contributed by atoms with Gasteiger partial charge in [-0.25, -0.2) is 15.0 Å². The number of aromatic nitrogens is 5. The molecule has 0 spiro atoms. The molecule has 2 aromatic heterocycles. The number of aryl methyl sites for hydroxylation is 1. The van der Waals surface area contributed by atoms with Crippen molar-refractivity contribution in [3.63, 3.8) is 0 Å². The smallest absolute Gasteiger partial charge is 0.224 e. The number of aliphatic hydroxyl groups is 1. The Labute approximate surface area is 155 Å². The molecule has 1 unspecified atom stereocenters. The topological polar surface area (TPSA) is 98.0 Å². The molecule has 9 heteroatoms. The van der Waals surface area contributed by atoms with Crippen LogP contribution >= 0.6 is 11.6 Å². The Morgan fingerprint density at radius 1 is 1.35 bits per heavy atom. The molecule has 0 bridgehead atoms. The molecule has 0 aliphatic heterocycles. The van der Waals surface area contributed by atoms with Crippen LogP contribution in [0.15, 0.2) is 30.7 Å². The number of nitrogens with one attached hydrogen (secondary N) is 1. The van der Waals surface area contributed by atoms with E-state index in [2.05, 4.69) is 25.4 Å². The highest BCUT2D eigenvalue weighted by Crippen LogP contribution is 2.37. The number of halogens is 1. The van der Waals surface area contributed by atoms with E-state index in [1.54, 1.807) is 31.4 Å². The summed E-state index contributed by atoms with van der Waals surface area (Å²) < 4.78 is 7.22. The van der Waals surface area contributed by atoms with Crippen LogP contribution in [0.25, 0.3) is 11.4 Å². The van der Waals surface area contributed by atoms with Crippen molar-refractivity contribution in [3.05, 3.63) is 41.6 Å². The van der Waals surface area contributed by atoms with Crippen LogP contribution in [-0.4, -0.2) is 43.6 Å². The number of anilines is 2. The van der Waals surface area contributed by atoms with Crippen molar-refractivity contribution in [1.82, 2.24) is 24.7 Å². The van der Waals surface area contributed by atoms with Gasteiger partial charge in [-0.05, 0) is 23.7 Å². The van der Waals surface area contributed by atoms with Crippen molar-refractivity contribution in [3.8, 4) is 17.1 Å². The summed E-state index contributed by atoms with van der Waals surface area (Å²) in [5.41, 5.74) is 2.17. The monoisotopic (exact) mass is 374 g/mol. The SMILES string of the molecule is COc1c(Nc2nc(Cl)ncc2C(C)CO)cccc1-c1ncn(C)n1. The first kappa shape index (κ1) is 18.1. The summed E-state index contributed by atoms with van der Waals surface area (Å²) in [5.74, 6) is 1.49. The standard InChI is InChI=1S/C17H19ClN6O2/c1-10(8-25)12-7-19-17(18)22-16(12)21-13-6-4-5-11(14(13)26-3)15-20-9-24(2)23-15/h4-7,9-10,25H,8H2,1-3H3,(H,19,21,22). The fraction of sp³-hybridized carbons (Fsp3) is 0.294. The van der Waals surface area contributed by atoms with Crippen molar-refractivity contribution >= 4 is 23.1 Å². The first-order valence-electron chi connectivity index (χ1n) is 7.96. The second kappa shape index (κ2) is 7.67. The van der Waals surface area contributed by atoms with Crippen LogP contribution in [0.1, 0.15) is 18.4 Å². The lowest BCUT2D eigenvalue weighted by Gasteiger charge is -2.17. The second-order valence-corrected chi connectivity index (χ2v) is 6.12. The normalized spacial score (nSPS) is 12.0. The summed E-state index contributed by atoms with van der Waals surface area (Å²) in [6.45, 7) is 1.85. The van der Waals surface area contributed by atoms with Crippen LogP contribution < -0.4 is 10.1 Å². The molecule has 0 radical (unpaired) electrons. The predicted octanol–water partition coefficient (Wildman–Crippen LogP) is 2.77. The Kier molecular flexibility index (Phi) is 5.34. The van der Waals surface area contributed by atoms with E-state index in [-0.39, 0.29) is 17.8 Å². The molecule has 0 saturated carbocycles. The molecule has 0 aliphatic carbocycles. The van der Waals surface area contributed by atoms with Gasteiger partial charge >= 0.3 is 0 Å². The van der Waals surface area contributed by atoms with E-state index >= 15 is 0 Å². The largest absolute Gasteiger partial charge is 0.494 e. The highest BCUT2D eigenvalue weighted by atomic mass is 35.5. The Morgan fingerprint density at radius 3 is 2.81 bits per heavy atom. The molecule has 3 aromatic rings. The lowest BCUT2D eigenvalue weighted by atomic mass is 10.0. The molecule has 0 aliphatic rings. The minimum absolute atomic E-state index is 0.0330. The Bertz CT molecular complexity index is 914. The summed E-state index contributed by atoms with van der Waals surface area (Å²) >= 11 is 5.96. The van der Waals surface area contributed by atoms with E-state index in [0.717, 1.165) is 11.1 Å². The zero-order valence-corrected chi connectivity index (χ0v) is 15.4. The number of hydrogen-bond acceptors (Lipinski definition) is 7. The number of nitrogens with zero attached hydrogens (tertiary/aromatic N) is 5. The Balaban J connectivity index is 2.05. The third-order valence-electron chi connectivity index (χ3n) is 3.91. The minimum atomic E-state index is -0.151. The fourth-order valence-electron chi connectivity index (χ4n) is 2.55. The van der Waals surface area contributed by atoms with Crippen molar-refractivity contribution in [2.75, 3.05) is 19.0 Å². The van der Waals surface area contributed by atoms with E-state index in [4.69, 9.17) is 16.3 Å². The first-order valence-corrected chi connectivity index (χ1v) is 8.34. The van der Waals surface area contributed by atoms with E-state index in [0.29, 0.717) is 23.1 Å². The number of rotatable bonds is 6. The predicted molar refractivity (Wildman–Crippen MR) is 98.8 cm³/mol. The number of hydrogen-bond donors (Lipinski definition) is 2.